The molecule has 1 aromatic heterocycles. The van der Waals surface area contributed by atoms with Crippen LogP contribution >= 0.6 is 0 Å². The number of rotatable bonds is 4. The Morgan fingerprint density at radius 3 is 2.30 bits per heavy atom. The van der Waals surface area contributed by atoms with E-state index in [1.54, 1.807) is 6.92 Å². The molecule has 2 rings (SSSR count). The quantitative estimate of drug-likeness (QED) is 0.925. The molecule has 0 unspecified atom stereocenters. The Bertz CT molecular complexity index is 603. The Hall–Kier alpha value is -1.97. The van der Waals surface area contributed by atoms with E-state index in [1.807, 2.05) is 6.92 Å². The summed E-state index contributed by atoms with van der Waals surface area (Å²) < 4.78 is 13.8. The van der Waals surface area contributed by atoms with Crippen molar-refractivity contribution in [3.8, 4) is 0 Å². The van der Waals surface area contributed by atoms with E-state index < -0.39 is 0 Å². The molecule has 0 bridgehead atoms. The number of benzene rings is 1. The summed E-state index contributed by atoms with van der Waals surface area (Å²) in [7, 11) is 0. The minimum Gasteiger partial charge on any atom is -0.368 e. The molecule has 0 aliphatic rings. The van der Waals surface area contributed by atoms with Gasteiger partial charge in [0.2, 0.25) is 0 Å². The molecule has 1 aromatic carbocycles. The predicted octanol–water partition coefficient (Wildman–Crippen LogP) is 3.56. The van der Waals surface area contributed by atoms with Gasteiger partial charge in [-0.15, -0.1) is 0 Å². The third kappa shape index (κ3) is 3.32. The van der Waals surface area contributed by atoms with E-state index in [2.05, 4.69) is 47.3 Å². The van der Waals surface area contributed by atoms with E-state index in [0.29, 0.717) is 30.3 Å². The van der Waals surface area contributed by atoms with Crippen LogP contribution in [0.15, 0.2) is 18.2 Å². The van der Waals surface area contributed by atoms with Crippen LogP contribution in [-0.2, 0) is 6.42 Å². The molecule has 0 amide bonds. The van der Waals surface area contributed by atoms with Crippen molar-refractivity contribution >= 4 is 5.82 Å². The average Bonchev–Trinajstić information content (AvgIpc) is 2.34. The Morgan fingerprint density at radius 2 is 1.70 bits per heavy atom. The summed E-state index contributed by atoms with van der Waals surface area (Å²) in [6, 6.07) is 6.36. The number of aryl methyl sites for hydroxylation is 3. The van der Waals surface area contributed by atoms with Crippen LogP contribution in [0.25, 0.3) is 0 Å². The number of halogens is 1. The van der Waals surface area contributed by atoms with Gasteiger partial charge in [-0.1, -0.05) is 29.3 Å². The highest BCUT2D eigenvalue weighted by atomic mass is 19.1. The zero-order valence-electron chi connectivity index (χ0n) is 12.4. The molecule has 0 fully saturated rings. The van der Waals surface area contributed by atoms with Crippen LogP contribution in [0.1, 0.15) is 35.1 Å². The smallest absolute Gasteiger partial charge is 0.186 e. The molecule has 0 saturated heterocycles. The standard InChI is InChI=1S/C16H20FN3/c1-5-18-16-15(17)12(4)19-14(20-16)9-13-7-10(2)6-11(3)8-13/h6-8H,5,9H2,1-4H3,(H,18,19,20). The van der Waals surface area contributed by atoms with Gasteiger partial charge in [0.05, 0.1) is 5.69 Å². The van der Waals surface area contributed by atoms with Gasteiger partial charge in [-0.05, 0) is 33.3 Å². The lowest BCUT2D eigenvalue weighted by Gasteiger charge is -2.09. The number of nitrogens with zero attached hydrogens (tertiary/aromatic N) is 2. The van der Waals surface area contributed by atoms with Crippen LogP contribution in [0.4, 0.5) is 10.2 Å². The fourth-order valence-electron chi connectivity index (χ4n) is 2.33. The second-order valence-corrected chi connectivity index (χ2v) is 5.09. The van der Waals surface area contributed by atoms with Gasteiger partial charge in [-0.2, -0.15) is 0 Å². The molecule has 2 aromatic rings. The molecular weight excluding hydrogens is 253 g/mol. The van der Waals surface area contributed by atoms with Crippen molar-refractivity contribution in [2.24, 2.45) is 0 Å². The summed E-state index contributed by atoms with van der Waals surface area (Å²) in [5.41, 5.74) is 3.96. The van der Waals surface area contributed by atoms with Crippen molar-refractivity contribution in [1.29, 1.82) is 0 Å². The van der Waals surface area contributed by atoms with E-state index >= 15 is 0 Å². The molecule has 0 aliphatic heterocycles. The topological polar surface area (TPSA) is 37.8 Å². The fourth-order valence-corrected chi connectivity index (χ4v) is 2.33. The fraction of sp³-hybridized carbons (Fsp3) is 0.375. The highest BCUT2D eigenvalue weighted by molar-refractivity contribution is 5.39. The van der Waals surface area contributed by atoms with Crippen LogP contribution < -0.4 is 5.32 Å². The Morgan fingerprint density at radius 1 is 1.05 bits per heavy atom. The maximum Gasteiger partial charge on any atom is 0.186 e. The van der Waals surface area contributed by atoms with Gasteiger partial charge in [-0.25, -0.2) is 14.4 Å². The second-order valence-electron chi connectivity index (χ2n) is 5.09. The number of nitrogens with one attached hydrogen (secondary N) is 1. The minimum absolute atomic E-state index is 0.291. The van der Waals surface area contributed by atoms with E-state index in [9.17, 15) is 4.39 Å². The number of aromatic nitrogens is 2. The molecule has 0 aliphatic carbocycles. The van der Waals surface area contributed by atoms with Crippen LogP contribution in [0.3, 0.4) is 0 Å². The van der Waals surface area contributed by atoms with Gasteiger partial charge in [0.15, 0.2) is 11.6 Å². The average molecular weight is 273 g/mol. The summed E-state index contributed by atoms with van der Waals surface area (Å²) in [6.07, 6.45) is 0.613. The molecule has 1 heterocycles. The molecule has 20 heavy (non-hydrogen) atoms. The lowest BCUT2D eigenvalue weighted by atomic mass is 10.0. The summed E-state index contributed by atoms with van der Waals surface area (Å²) in [4.78, 5) is 8.52. The molecule has 106 valence electrons. The monoisotopic (exact) mass is 273 g/mol. The van der Waals surface area contributed by atoms with Gasteiger partial charge < -0.3 is 5.32 Å². The number of hydrogen-bond acceptors (Lipinski definition) is 3. The third-order valence-corrected chi connectivity index (χ3v) is 3.05. The summed E-state index contributed by atoms with van der Waals surface area (Å²) >= 11 is 0. The first-order valence-corrected chi connectivity index (χ1v) is 6.83. The maximum atomic E-state index is 13.8. The van der Waals surface area contributed by atoms with Crippen molar-refractivity contribution in [2.75, 3.05) is 11.9 Å². The first-order chi connectivity index (χ1) is 9.49. The van der Waals surface area contributed by atoms with Crippen LogP contribution in [0, 0.1) is 26.6 Å². The lowest BCUT2D eigenvalue weighted by molar-refractivity contribution is 0.601. The summed E-state index contributed by atoms with van der Waals surface area (Å²) in [5.74, 6) is 0.570. The van der Waals surface area contributed by atoms with E-state index in [-0.39, 0.29) is 5.82 Å². The highest BCUT2D eigenvalue weighted by Crippen LogP contribution is 2.17. The van der Waals surface area contributed by atoms with Gasteiger partial charge in [-0.3, -0.25) is 0 Å². The number of hydrogen-bond donors (Lipinski definition) is 1. The Kier molecular flexibility index (Phi) is 4.32. The van der Waals surface area contributed by atoms with E-state index in [1.165, 1.54) is 11.1 Å². The lowest BCUT2D eigenvalue weighted by Crippen LogP contribution is -2.09. The molecule has 4 heteroatoms. The SMILES string of the molecule is CCNc1nc(Cc2cc(C)cc(C)c2)nc(C)c1F. The van der Waals surface area contributed by atoms with Gasteiger partial charge >= 0.3 is 0 Å². The number of anilines is 1. The van der Waals surface area contributed by atoms with Crippen molar-refractivity contribution in [3.63, 3.8) is 0 Å². The molecule has 0 atom stereocenters. The molecule has 1 N–H and O–H groups in total. The van der Waals surface area contributed by atoms with Crippen molar-refractivity contribution in [1.82, 2.24) is 9.97 Å². The van der Waals surface area contributed by atoms with Gasteiger partial charge in [0, 0.05) is 13.0 Å². The van der Waals surface area contributed by atoms with Crippen molar-refractivity contribution in [2.45, 2.75) is 34.1 Å². The first kappa shape index (κ1) is 14.4. The molecule has 0 spiro atoms. The van der Waals surface area contributed by atoms with Crippen LogP contribution in [-0.4, -0.2) is 16.5 Å². The van der Waals surface area contributed by atoms with Crippen LogP contribution in [0.5, 0.6) is 0 Å². The zero-order valence-corrected chi connectivity index (χ0v) is 12.4. The first-order valence-electron chi connectivity index (χ1n) is 6.83. The molecular formula is C16H20FN3. The van der Waals surface area contributed by atoms with Crippen LogP contribution in [0.2, 0.25) is 0 Å². The molecule has 0 radical (unpaired) electrons. The summed E-state index contributed by atoms with van der Waals surface area (Å²) in [5, 5.41) is 2.94. The van der Waals surface area contributed by atoms with Crippen molar-refractivity contribution in [3.05, 3.63) is 52.2 Å². The van der Waals surface area contributed by atoms with Gasteiger partial charge in [0.25, 0.3) is 0 Å². The predicted molar refractivity (Wildman–Crippen MR) is 79.6 cm³/mol. The second kappa shape index (κ2) is 5.99. The van der Waals surface area contributed by atoms with Gasteiger partial charge in [0.1, 0.15) is 5.82 Å². The largest absolute Gasteiger partial charge is 0.368 e. The minimum atomic E-state index is -0.365. The Balaban J connectivity index is 2.33. The normalized spacial score (nSPS) is 10.7. The van der Waals surface area contributed by atoms with E-state index in [4.69, 9.17) is 0 Å². The molecule has 0 saturated carbocycles. The highest BCUT2D eigenvalue weighted by Gasteiger charge is 2.11. The maximum absolute atomic E-state index is 13.8. The molecule has 3 nitrogen and oxygen atoms in total. The van der Waals surface area contributed by atoms with Crippen molar-refractivity contribution < 1.29 is 4.39 Å². The summed E-state index contributed by atoms with van der Waals surface area (Å²) in [6.45, 7) is 8.36. The van der Waals surface area contributed by atoms with E-state index in [0.717, 1.165) is 5.56 Å². The zero-order chi connectivity index (χ0) is 14.7. The Labute approximate surface area is 119 Å². The third-order valence-electron chi connectivity index (χ3n) is 3.05.